The fourth-order valence-electron chi connectivity index (χ4n) is 3.58. The molecule has 0 radical (unpaired) electrons. The van der Waals surface area contributed by atoms with Crippen LogP contribution < -0.4 is 16.4 Å². The second-order valence-corrected chi connectivity index (χ2v) is 10.4. The largest absolute Gasteiger partial charge is 0.444 e. The third-order valence-electron chi connectivity index (χ3n) is 4.87. The summed E-state index contributed by atoms with van der Waals surface area (Å²) in [6.45, 7) is 13.4. The fourth-order valence-corrected chi connectivity index (χ4v) is 3.58. The van der Waals surface area contributed by atoms with Gasteiger partial charge in [0.15, 0.2) is 5.82 Å². The van der Waals surface area contributed by atoms with E-state index >= 15 is 0 Å². The molecule has 0 aliphatic heterocycles. The summed E-state index contributed by atoms with van der Waals surface area (Å²) < 4.78 is 12.6. The highest BCUT2D eigenvalue weighted by molar-refractivity contribution is 6.06. The van der Waals surface area contributed by atoms with Crippen molar-refractivity contribution in [3.8, 4) is 0 Å². The van der Waals surface area contributed by atoms with Gasteiger partial charge in [0.1, 0.15) is 22.5 Å². The fraction of sp³-hybridized carbons (Fsp3) is 0.480. The summed E-state index contributed by atoms with van der Waals surface area (Å²) in [6, 6.07) is 7.79. The lowest BCUT2D eigenvalue weighted by atomic mass is 10.2. The number of aliphatic imine (C=N–C) groups is 1. The van der Waals surface area contributed by atoms with Gasteiger partial charge < -0.3 is 25.1 Å². The molecule has 4 N–H and O–H groups in total. The number of carbonyl (C=O) groups is 2. The van der Waals surface area contributed by atoms with E-state index in [2.05, 4.69) is 30.2 Å². The van der Waals surface area contributed by atoms with Gasteiger partial charge in [-0.05, 0) is 61.0 Å². The van der Waals surface area contributed by atoms with Crippen LogP contribution in [0, 0.1) is 6.92 Å². The zero-order valence-electron chi connectivity index (χ0n) is 21.9. The summed E-state index contributed by atoms with van der Waals surface area (Å²) in [7, 11) is 0. The quantitative estimate of drug-likeness (QED) is 0.275. The van der Waals surface area contributed by atoms with Crippen LogP contribution in [0.15, 0.2) is 29.3 Å². The monoisotopic (exact) mass is 497 g/mol. The van der Waals surface area contributed by atoms with Crippen molar-refractivity contribution < 1.29 is 19.1 Å². The second kappa shape index (κ2) is 10.4. The summed E-state index contributed by atoms with van der Waals surface area (Å²) in [5.41, 5.74) is 7.12. The van der Waals surface area contributed by atoms with Gasteiger partial charge in [-0.1, -0.05) is 18.2 Å². The van der Waals surface area contributed by atoms with E-state index in [1.807, 2.05) is 31.2 Å². The van der Waals surface area contributed by atoms with E-state index in [1.165, 1.54) is 0 Å². The average molecular weight is 498 g/mol. The molecule has 3 aromatic rings. The third kappa shape index (κ3) is 7.06. The van der Waals surface area contributed by atoms with Crippen LogP contribution in [0.3, 0.4) is 0 Å². The van der Waals surface area contributed by atoms with Crippen molar-refractivity contribution in [2.24, 2.45) is 4.99 Å². The standard InChI is InChI=1S/C25H35N7O4/c1-15-28-18-19(16-11-8-9-12-17(16)29-20(18)26)32(15)14-10-13-27-21(30-22(33)35-24(2,3)4)31-23(34)36-25(5,6)7/h8-9,11-12H,10,13-14H2,1-7H3,(H2,26,29)(H2,27,30,31,33,34). The van der Waals surface area contributed by atoms with Gasteiger partial charge >= 0.3 is 12.2 Å². The predicted molar refractivity (Wildman–Crippen MR) is 140 cm³/mol. The number of hydrogen-bond acceptors (Lipinski definition) is 7. The normalized spacial score (nSPS) is 12.6. The number of alkyl carbamates (subject to hydrolysis) is 1. The lowest BCUT2D eigenvalue weighted by molar-refractivity contribution is 0.0560. The Balaban J connectivity index is 1.75. The molecule has 11 heteroatoms. The topological polar surface area (TPSA) is 146 Å². The summed E-state index contributed by atoms with van der Waals surface area (Å²) in [5.74, 6) is 1.14. The Labute approximate surface area is 210 Å². The van der Waals surface area contributed by atoms with Gasteiger partial charge in [0.05, 0.1) is 11.0 Å². The number of nitrogen functional groups attached to an aromatic ring is 1. The molecular formula is C25H35N7O4. The number of anilines is 1. The summed E-state index contributed by atoms with van der Waals surface area (Å²) >= 11 is 0. The Morgan fingerprint density at radius 2 is 1.72 bits per heavy atom. The van der Waals surface area contributed by atoms with Crippen molar-refractivity contribution in [2.45, 2.75) is 72.6 Å². The van der Waals surface area contributed by atoms with Crippen LogP contribution in [0.5, 0.6) is 0 Å². The van der Waals surface area contributed by atoms with Crippen LogP contribution >= 0.6 is 0 Å². The van der Waals surface area contributed by atoms with E-state index in [1.54, 1.807) is 41.5 Å². The number of ether oxygens (including phenoxy) is 2. The number of fused-ring (bicyclic) bond motifs is 3. The highest BCUT2D eigenvalue weighted by atomic mass is 16.6. The number of nitrogens with zero attached hydrogens (tertiary/aromatic N) is 4. The lowest BCUT2D eigenvalue weighted by Gasteiger charge is -2.21. The molecule has 0 fully saturated rings. The van der Waals surface area contributed by atoms with E-state index < -0.39 is 23.4 Å². The summed E-state index contributed by atoms with van der Waals surface area (Å²) in [6.07, 6.45) is -0.929. The maximum Gasteiger partial charge on any atom is 0.437 e. The Bertz CT molecular complexity index is 1300. The van der Waals surface area contributed by atoms with E-state index in [4.69, 9.17) is 15.2 Å². The molecule has 0 spiro atoms. The number of aromatic nitrogens is 3. The van der Waals surface area contributed by atoms with Crippen molar-refractivity contribution >= 4 is 45.9 Å². The molecule has 0 aliphatic rings. The van der Waals surface area contributed by atoms with Gasteiger partial charge in [0.2, 0.25) is 5.96 Å². The van der Waals surface area contributed by atoms with Crippen LogP contribution in [0.1, 0.15) is 53.8 Å². The molecule has 2 amide bonds. The van der Waals surface area contributed by atoms with E-state index in [0.717, 1.165) is 22.2 Å². The van der Waals surface area contributed by atoms with Crippen LogP contribution in [-0.4, -0.2) is 50.4 Å². The molecule has 1 aromatic carbocycles. The molecule has 0 aliphatic carbocycles. The maximum atomic E-state index is 12.3. The number of nitrogens with two attached hydrogens (primary N) is 1. The molecule has 3 rings (SSSR count). The Kier molecular flexibility index (Phi) is 7.71. The third-order valence-corrected chi connectivity index (χ3v) is 4.87. The summed E-state index contributed by atoms with van der Waals surface area (Å²) in [5, 5.41) is 6.45. The molecule has 194 valence electrons. The number of para-hydroxylation sites is 1. The molecule has 2 heterocycles. The predicted octanol–water partition coefficient (Wildman–Crippen LogP) is 4.27. The molecule has 36 heavy (non-hydrogen) atoms. The number of imidazole rings is 1. The zero-order valence-corrected chi connectivity index (χ0v) is 21.9. The molecule has 2 aromatic heterocycles. The molecular weight excluding hydrogens is 462 g/mol. The average Bonchev–Trinajstić information content (AvgIpc) is 3.05. The van der Waals surface area contributed by atoms with Gasteiger partial charge in [-0.15, -0.1) is 4.99 Å². The molecule has 11 nitrogen and oxygen atoms in total. The van der Waals surface area contributed by atoms with Gasteiger partial charge in [0, 0.05) is 18.5 Å². The highest BCUT2D eigenvalue weighted by Crippen LogP contribution is 2.28. The lowest BCUT2D eigenvalue weighted by Crippen LogP contribution is -2.44. The molecule has 0 bridgehead atoms. The minimum Gasteiger partial charge on any atom is -0.444 e. The van der Waals surface area contributed by atoms with Crippen molar-refractivity contribution in [2.75, 3.05) is 12.3 Å². The van der Waals surface area contributed by atoms with Gasteiger partial charge in [-0.25, -0.2) is 19.6 Å². The first-order chi connectivity index (χ1) is 16.7. The number of aryl methyl sites for hydroxylation is 2. The first kappa shape index (κ1) is 26.7. The Hall–Kier alpha value is -3.89. The highest BCUT2D eigenvalue weighted by Gasteiger charge is 2.20. The van der Waals surface area contributed by atoms with Crippen LogP contribution in [0.4, 0.5) is 15.4 Å². The van der Waals surface area contributed by atoms with Gasteiger partial charge in [-0.2, -0.15) is 0 Å². The zero-order chi connectivity index (χ0) is 26.7. The van der Waals surface area contributed by atoms with Gasteiger partial charge in [0.25, 0.3) is 0 Å². The molecule has 0 saturated carbocycles. The number of hydrogen-bond donors (Lipinski definition) is 3. The van der Waals surface area contributed by atoms with Crippen LogP contribution in [-0.2, 0) is 16.0 Å². The maximum absolute atomic E-state index is 12.3. The number of pyridine rings is 1. The Morgan fingerprint density at radius 3 is 2.39 bits per heavy atom. The van der Waals surface area contributed by atoms with E-state index in [9.17, 15) is 9.59 Å². The molecule has 0 atom stereocenters. The van der Waals surface area contributed by atoms with Crippen LogP contribution in [0.2, 0.25) is 0 Å². The van der Waals surface area contributed by atoms with Crippen LogP contribution in [0.25, 0.3) is 21.9 Å². The molecule has 0 saturated heterocycles. The van der Waals surface area contributed by atoms with Crippen molar-refractivity contribution in [3.05, 3.63) is 30.1 Å². The minimum atomic E-state index is -0.827. The van der Waals surface area contributed by atoms with Crippen molar-refractivity contribution in [1.82, 2.24) is 25.2 Å². The number of guanidine groups is 1. The van der Waals surface area contributed by atoms with E-state index in [-0.39, 0.29) is 5.96 Å². The number of nitrogens with one attached hydrogen (secondary N) is 2. The Morgan fingerprint density at radius 1 is 1.06 bits per heavy atom. The first-order valence-electron chi connectivity index (χ1n) is 11.8. The molecule has 0 unspecified atom stereocenters. The van der Waals surface area contributed by atoms with Crippen molar-refractivity contribution in [3.63, 3.8) is 0 Å². The van der Waals surface area contributed by atoms with E-state index in [0.29, 0.717) is 30.8 Å². The second-order valence-electron chi connectivity index (χ2n) is 10.4. The minimum absolute atomic E-state index is 0.0513. The first-order valence-corrected chi connectivity index (χ1v) is 11.8. The van der Waals surface area contributed by atoms with Gasteiger partial charge in [-0.3, -0.25) is 5.32 Å². The smallest absolute Gasteiger partial charge is 0.437 e. The number of amides is 2. The summed E-state index contributed by atoms with van der Waals surface area (Å²) in [4.78, 5) is 37.5. The SMILES string of the molecule is Cc1nc2c(N)nc3ccccc3c2n1CCCNC(=NC(=O)OC(C)(C)C)NC(=O)OC(C)(C)C. The number of carbonyl (C=O) groups excluding carboxylic acids is 2. The number of benzene rings is 1. The number of rotatable bonds is 4. The van der Waals surface area contributed by atoms with Crippen molar-refractivity contribution in [1.29, 1.82) is 0 Å².